The van der Waals surface area contributed by atoms with E-state index in [9.17, 15) is 4.39 Å². The van der Waals surface area contributed by atoms with Crippen LogP contribution in [0.3, 0.4) is 0 Å². The fourth-order valence-electron chi connectivity index (χ4n) is 4.14. The Morgan fingerprint density at radius 3 is 2.33 bits per heavy atom. The molecule has 0 bridgehead atoms. The summed E-state index contributed by atoms with van der Waals surface area (Å²) in [6.45, 7) is 0.637. The molecule has 0 aromatic heterocycles. The third kappa shape index (κ3) is 3.11. The zero-order chi connectivity index (χ0) is 14.9. The summed E-state index contributed by atoms with van der Waals surface area (Å²) in [4.78, 5) is 0. The minimum atomic E-state index is -0.226. The van der Waals surface area contributed by atoms with Crippen LogP contribution in [0.1, 0.15) is 51.4 Å². The lowest BCUT2D eigenvalue weighted by atomic mass is 9.66. The van der Waals surface area contributed by atoms with Crippen LogP contribution in [-0.2, 0) is 0 Å². The lowest BCUT2D eigenvalue weighted by molar-refractivity contribution is 0.148. The summed E-state index contributed by atoms with van der Waals surface area (Å²) in [7, 11) is 0. The molecule has 0 heterocycles. The summed E-state index contributed by atoms with van der Waals surface area (Å²) in [5, 5.41) is 3.60. The van der Waals surface area contributed by atoms with Crippen LogP contribution in [0.4, 0.5) is 10.1 Å². The number of anilines is 1. The topological polar surface area (TPSA) is 38.0 Å². The maximum absolute atomic E-state index is 13.4. The van der Waals surface area contributed by atoms with E-state index in [1.165, 1.54) is 44.6 Å². The van der Waals surface area contributed by atoms with Crippen LogP contribution in [0.2, 0.25) is 0 Å². The fourth-order valence-corrected chi connectivity index (χ4v) is 4.52. The molecular weight excluding hydrogens is 331 g/mol. The molecule has 2 nitrogen and oxygen atoms in total. The van der Waals surface area contributed by atoms with Gasteiger partial charge in [0.2, 0.25) is 0 Å². The van der Waals surface area contributed by atoms with Gasteiger partial charge in [-0.15, -0.1) is 0 Å². The Balaban J connectivity index is 1.71. The van der Waals surface area contributed by atoms with E-state index in [0.717, 1.165) is 18.5 Å². The van der Waals surface area contributed by atoms with Crippen LogP contribution in [0, 0.1) is 11.2 Å². The van der Waals surface area contributed by atoms with Gasteiger partial charge in [0.25, 0.3) is 0 Å². The van der Waals surface area contributed by atoms with E-state index >= 15 is 0 Å². The zero-order valence-electron chi connectivity index (χ0n) is 12.4. The van der Waals surface area contributed by atoms with E-state index in [-0.39, 0.29) is 11.4 Å². The standard InChI is InChI=1S/C17H24BrFN2/c18-14-11-13(3-4-15(14)19)21-17(12-20)9-7-16(8-10-17)5-1-2-6-16/h3-4,11,21H,1-2,5-10,12,20H2. The third-order valence-electron chi connectivity index (χ3n) is 5.65. The van der Waals surface area contributed by atoms with Crippen LogP contribution >= 0.6 is 15.9 Å². The second-order valence-corrected chi connectivity index (χ2v) is 7.80. The van der Waals surface area contributed by atoms with Gasteiger partial charge in [0.05, 0.1) is 4.47 Å². The SMILES string of the molecule is NCC1(Nc2ccc(F)c(Br)c2)CCC2(CCCC2)CC1. The Kier molecular flexibility index (Phi) is 4.28. The summed E-state index contributed by atoms with van der Waals surface area (Å²) in [5.41, 5.74) is 7.63. The molecule has 0 atom stereocenters. The first-order chi connectivity index (χ1) is 10.1. The third-order valence-corrected chi connectivity index (χ3v) is 6.26. The zero-order valence-corrected chi connectivity index (χ0v) is 14.0. The van der Waals surface area contributed by atoms with Gasteiger partial charge in [-0.2, -0.15) is 0 Å². The largest absolute Gasteiger partial charge is 0.378 e. The molecule has 0 unspecified atom stereocenters. The lowest BCUT2D eigenvalue weighted by Crippen LogP contribution is -2.50. The Morgan fingerprint density at radius 2 is 1.76 bits per heavy atom. The first kappa shape index (κ1) is 15.3. The first-order valence-electron chi connectivity index (χ1n) is 8.00. The van der Waals surface area contributed by atoms with Crippen molar-refractivity contribution in [1.29, 1.82) is 0 Å². The Labute approximate surface area is 134 Å². The van der Waals surface area contributed by atoms with Crippen molar-refractivity contribution in [2.45, 2.75) is 56.9 Å². The molecule has 0 aliphatic heterocycles. The predicted octanol–water partition coefficient (Wildman–Crippen LogP) is 4.83. The van der Waals surface area contributed by atoms with Gasteiger partial charge in [0, 0.05) is 17.8 Å². The molecule has 1 spiro atoms. The van der Waals surface area contributed by atoms with Crippen molar-refractivity contribution in [3.63, 3.8) is 0 Å². The summed E-state index contributed by atoms with van der Waals surface area (Å²) >= 11 is 3.25. The second kappa shape index (κ2) is 5.88. The van der Waals surface area contributed by atoms with Gasteiger partial charge < -0.3 is 11.1 Å². The number of nitrogens with two attached hydrogens (primary N) is 1. The van der Waals surface area contributed by atoms with Gasteiger partial charge in [0.1, 0.15) is 5.82 Å². The normalized spacial score (nSPS) is 23.4. The molecule has 4 heteroatoms. The van der Waals surface area contributed by atoms with Gasteiger partial charge in [-0.1, -0.05) is 12.8 Å². The number of rotatable bonds is 3. The predicted molar refractivity (Wildman–Crippen MR) is 88.9 cm³/mol. The molecule has 1 aromatic carbocycles. The first-order valence-corrected chi connectivity index (χ1v) is 8.79. The van der Waals surface area contributed by atoms with Gasteiger partial charge >= 0.3 is 0 Å². The van der Waals surface area contributed by atoms with E-state index in [2.05, 4.69) is 21.2 Å². The van der Waals surface area contributed by atoms with Gasteiger partial charge in [-0.05, 0) is 78.1 Å². The number of hydrogen-bond donors (Lipinski definition) is 2. The summed E-state index contributed by atoms with van der Waals surface area (Å²) < 4.78 is 13.9. The van der Waals surface area contributed by atoms with Crippen LogP contribution in [0.5, 0.6) is 0 Å². The summed E-state index contributed by atoms with van der Waals surface area (Å²) in [6.07, 6.45) is 10.4. The van der Waals surface area contributed by atoms with Gasteiger partial charge in [-0.3, -0.25) is 0 Å². The van der Waals surface area contributed by atoms with E-state index < -0.39 is 0 Å². The van der Waals surface area contributed by atoms with E-state index in [4.69, 9.17) is 5.73 Å². The van der Waals surface area contributed by atoms with Crippen molar-refractivity contribution in [3.05, 3.63) is 28.5 Å². The molecule has 2 aliphatic rings. The quantitative estimate of drug-likeness (QED) is 0.815. The highest BCUT2D eigenvalue weighted by Gasteiger charge is 2.43. The lowest BCUT2D eigenvalue weighted by Gasteiger charge is -2.45. The molecule has 0 amide bonds. The van der Waals surface area contributed by atoms with Crippen molar-refractivity contribution >= 4 is 21.6 Å². The Bertz CT molecular complexity index is 502. The van der Waals surface area contributed by atoms with Crippen molar-refractivity contribution in [2.75, 3.05) is 11.9 Å². The van der Waals surface area contributed by atoms with Crippen LogP contribution < -0.4 is 11.1 Å². The van der Waals surface area contributed by atoms with Gasteiger partial charge in [0.15, 0.2) is 0 Å². The number of benzene rings is 1. The van der Waals surface area contributed by atoms with Crippen molar-refractivity contribution < 1.29 is 4.39 Å². The minimum absolute atomic E-state index is 0.0227. The summed E-state index contributed by atoms with van der Waals surface area (Å²) in [6, 6.07) is 5.11. The van der Waals surface area contributed by atoms with Crippen molar-refractivity contribution in [2.24, 2.45) is 11.1 Å². The monoisotopic (exact) mass is 354 g/mol. The smallest absolute Gasteiger partial charge is 0.137 e. The van der Waals surface area contributed by atoms with Crippen LogP contribution in [0.15, 0.2) is 22.7 Å². The van der Waals surface area contributed by atoms with Crippen LogP contribution in [-0.4, -0.2) is 12.1 Å². The maximum Gasteiger partial charge on any atom is 0.137 e. The Morgan fingerprint density at radius 1 is 1.10 bits per heavy atom. The highest BCUT2D eigenvalue weighted by molar-refractivity contribution is 9.10. The minimum Gasteiger partial charge on any atom is -0.378 e. The molecule has 2 fully saturated rings. The number of nitrogens with one attached hydrogen (secondary N) is 1. The number of hydrogen-bond acceptors (Lipinski definition) is 2. The molecule has 0 saturated heterocycles. The van der Waals surface area contributed by atoms with Gasteiger partial charge in [-0.25, -0.2) is 4.39 Å². The Hall–Kier alpha value is -0.610. The van der Waals surface area contributed by atoms with Crippen LogP contribution in [0.25, 0.3) is 0 Å². The van der Waals surface area contributed by atoms with E-state index in [0.29, 0.717) is 16.4 Å². The molecular formula is C17H24BrFN2. The average Bonchev–Trinajstić information content (AvgIpc) is 2.95. The molecule has 3 rings (SSSR count). The average molecular weight is 355 g/mol. The molecule has 0 radical (unpaired) electrons. The van der Waals surface area contributed by atoms with Crippen molar-refractivity contribution in [1.82, 2.24) is 0 Å². The fraction of sp³-hybridized carbons (Fsp3) is 0.647. The van der Waals surface area contributed by atoms with Crippen molar-refractivity contribution in [3.8, 4) is 0 Å². The number of halogens is 2. The molecule has 2 saturated carbocycles. The molecule has 21 heavy (non-hydrogen) atoms. The molecule has 3 N–H and O–H groups in total. The molecule has 2 aliphatic carbocycles. The maximum atomic E-state index is 13.4. The molecule has 1 aromatic rings. The van der Waals surface area contributed by atoms with E-state index in [1.807, 2.05) is 6.07 Å². The molecule has 116 valence electrons. The van der Waals surface area contributed by atoms with E-state index in [1.54, 1.807) is 6.07 Å². The highest BCUT2D eigenvalue weighted by Crippen LogP contribution is 2.51. The second-order valence-electron chi connectivity index (χ2n) is 6.95. The highest BCUT2D eigenvalue weighted by atomic mass is 79.9. The summed E-state index contributed by atoms with van der Waals surface area (Å²) in [5.74, 6) is -0.226.